The Bertz CT molecular complexity index is 577. The van der Waals surface area contributed by atoms with E-state index in [1.807, 2.05) is 0 Å². The van der Waals surface area contributed by atoms with Gasteiger partial charge in [-0.2, -0.15) is 0 Å². The molecule has 0 atom stereocenters. The van der Waals surface area contributed by atoms with Crippen molar-refractivity contribution in [3.8, 4) is 0 Å². The number of benzene rings is 1. The molecule has 0 unspecified atom stereocenters. The van der Waals surface area contributed by atoms with Crippen LogP contribution in [0.2, 0.25) is 0 Å². The van der Waals surface area contributed by atoms with Gasteiger partial charge in [-0.15, -0.1) is 0 Å². The number of rotatable bonds is 5. The molecule has 0 aromatic heterocycles. The van der Waals surface area contributed by atoms with Crippen LogP contribution in [-0.2, 0) is 10.0 Å². The van der Waals surface area contributed by atoms with Gasteiger partial charge < -0.3 is 5.73 Å². The number of hydrogen-bond donors (Lipinski definition) is 2. The van der Waals surface area contributed by atoms with Crippen molar-refractivity contribution in [2.75, 3.05) is 6.54 Å². The first-order chi connectivity index (χ1) is 8.34. The van der Waals surface area contributed by atoms with Crippen molar-refractivity contribution in [3.63, 3.8) is 0 Å². The smallest absolute Gasteiger partial charge is 0.241 e. The van der Waals surface area contributed by atoms with Gasteiger partial charge in [0, 0.05) is 12.1 Å². The predicted molar refractivity (Wildman–Crippen MR) is 74.9 cm³/mol. The molecule has 2 rings (SSSR count). The van der Waals surface area contributed by atoms with Gasteiger partial charge in [0.2, 0.25) is 10.0 Å². The first-order valence-corrected chi connectivity index (χ1v) is 7.62. The van der Waals surface area contributed by atoms with Crippen LogP contribution in [0.15, 0.2) is 29.2 Å². The van der Waals surface area contributed by atoms with Crippen LogP contribution in [0.1, 0.15) is 25.3 Å². The molecule has 0 aliphatic heterocycles. The predicted octanol–water partition coefficient (Wildman–Crippen LogP) is 1.40. The van der Waals surface area contributed by atoms with E-state index in [4.69, 9.17) is 18.0 Å². The Morgan fingerprint density at radius 2 is 2.06 bits per heavy atom. The maximum absolute atomic E-state index is 12.2. The number of sulfonamides is 1. The van der Waals surface area contributed by atoms with Crippen LogP contribution < -0.4 is 10.5 Å². The summed E-state index contributed by atoms with van der Waals surface area (Å²) in [5.74, 6) is 0. The molecule has 4 nitrogen and oxygen atoms in total. The zero-order valence-electron chi connectivity index (χ0n) is 10.1. The zero-order chi connectivity index (χ0) is 13.4. The Kier molecular flexibility index (Phi) is 3.44. The topological polar surface area (TPSA) is 72.2 Å². The maximum atomic E-state index is 12.2. The van der Waals surface area contributed by atoms with E-state index in [1.54, 1.807) is 18.2 Å². The van der Waals surface area contributed by atoms with E-state index in [0.717, 1.165) is 12.8 Å². The van der Waals surface area contributed by atoms with Gasteiger partial charge in [-0.25, -0.2) is 13.1 Å². The van der Waals surface area contributed by atoms with Crippen LogP contribution in [0.4, 0.5) is 0 Å². The van der Waals surface area contributed by atoms with Crippen LogP contribution in [-0.4, -0.2) is 20.0 Å². The van der Waals surface area contributed by atoms with Crippen molar-refractivity contribution in [3.05, 3.63) is 29.8 Å². The van der Waals surface area contributed by atoms with Crippen LogP contribution >= 0.6 is 12.2 Å². The fourth-order valence-corrected chi connectivity index (χ4v) is 3.30. The minimum atomic E-state index is -3.55. The fourth-order valence-electron chi connectivity index (χ4n) is 1.64. The summed E-state index contributed by atoms with van der Waals surface area (Å²) >= 11 is 4.87. The highest BCUT2D eigenvalue weighted by Crippen LogP contribution is 2.44. The summed E-state index contributed by atoms with van der Waals surface area (Å²) < 4.78 is 27.0. The molecule has 1 aromatic carbocycles. The first kappa shape index (κ1) is 13.5. The summed E-state index contributed by atoms with van der Waals surface area (Å²) in [7, 11) is -3.55. The molecular weight excluding hydrogens is 268 g/mol. The molecule has 0 saturated heterocycles. The maximum Gasteiger partial charge on any atom is 0.241 e. The van der Waals surface area contributed by atoms with Gasteiger partial charge in [0.1, 0.15) is 4.99 Å². The molecule has 6 heteroatoms. The molecule has 1 aromatic rings. The molecule has 3 N–H and O–H groups in total. The Hall–Kier alpha value is -0.980. The SMILES string of the molecule is CC1(CNS(=O)(=O)c2ccccc2C(N)=S)CC1. The summed E-state index contributed by atoms with van der Waals surface area (Å²) in [6, 6.07) is 6.52. The first-order valence-electron chi connectivity index (χ1n) is 5.73. The minimum absolute atomic E-state index is 0.0913. The molecular formula is C12H16N2O2S2. The number of thiocarbonyl (C=S) groups is 1. The van der Waals surface area contributed by atoms with Gasteiger partial charge >= 0.3 is 0 Å². The van der Waals surface area contributed by atoms with Crippen molar-refractivity contribution in [1.29, 1.82) is 0 Å². The number of nitrogens with one attached hydrogen (secondary N) is 1. The summed E-state index contributed by atoms with van der Waals surface area (Å²) in [4.78, 5) is 0.246. The highest BCUT2D eigenvalue weighted by atomic mass is 32.2. The molecule has 1 aliphatic rings. The number of hydrogen-bond acceptors (Lipinski definition) is 3. The summed E-state index contributed by atoms with van der Waals surface area (Å²) in [6.45, 7) is 2.52. The van der Waals surface area contributed by atoms with Crippen LogP contribution in [0, 0.1) is 5.41 Å². The molecule has 0 spiro atoms. The molecule has 1 aliphatic carbocycles. The monoisotopic (exact) mass is 284 g/mol. The van der Waals surface area contributed by atoms with E-state index in [0.29, 0.717) is 12.1 Å². The molecule has 0 radical (unpaired) electrons. The van der Waals surface area contributed by atoms with Gasteiger partial charge in [0.25, 0.3) is 0 Å². The third-order valence-electron chi connectivity index (χ3n) is 3.23. The Morgan fingerprint density at radius 3 is 2.61 bits per heavy atom. The van der Waals surface area contributed by atoms with E-state index in [-0.39, 0.29) is 15.3 Å². The standard InChI is InChI=1S/C12H16N2O2S2/c1-12(6-7-12)8-14-18(15,16)10-5-3-2-4-9(10)11(13)17/h2-5,14H,6-8H2,1H3,(H2,13,17). The summed E-state index contributed by atoms with van der Waals surface area (Å²) in [6.07, 6.45) is 2.12. The van der Waals surface area contributed by atoms with Gasteiger partial charge in [0.15, 0.2) is 0 Å². The fraction of sp³-hybridized carbons (Fsp3) is 0.417. The molecule has 0 heterocycles. The third-order valence-corrected chi connectivity index (χ3v) is 4.91. The van der Waals surface area contributed by atoms with Crippen molar-refractivity contribution in [1.82, 2.24) is 4.72 Å². The van der Waals surface area contributed by atoms with Crippen molar-refractivity contribution < 1.29 is 8.42 Å². The van der Waals surface area contributed by atoms with Crippen molar-refractivity contribution >= 4 is 27.2 Å². The highest BCUT2D eigenvalue weighted by molar-refractivity contribution is 7.89. The zero-order valence-corrected chi connectivity index (χ0v) is 11.8. The molecule has 98 valence electrons. The van der Waals surface area contributed by atoms with E-state index in [2.05, 4.69) is 11.6 Å². The largest absolute Gasteiger partial charge is 0.389 e. The molecule has 1 fully saturated rings. The van der Waals surface area contributed by atoms with Crippen molar-refractivity contribution in [2.24, 2.45) is 11.1 Å². The van der Waals surface area contributed by atoms with E-state index >= 15 is 0 Å². The second-order valence-electron chi connectivity index (χ2n) is 5.00. The third kappa shape index (κ3) is 2.88. The molecule has 0 bridgehead atoms. The van der Waals surface area contributed by atoms with Crippen LogP contribution in [0.3, 0.4) is 0 Å². The lowest BCUT2D eigenvalue weighted by Crippen LogP contribution is -2.30. The van der Waals surface area contributed by atoms with Gasteiger partial charge in [-0.1, -0.05) is 37.3 Å². The quantitative estimate of drug-likeness (QED) is 0.802. The van der Waals surface area contributed by atoms with Crippen LogP contribution in [0.25, 0.3) is 0 Å². The highest BCUT2D eigenvalue weighted by Gasteiger charge is 2.38. The van der Waals surface area contributed by atoms with E-state index in [9.17, 15) is 8.42 Å². The van der Waals surface area contributed by atoms with Gasteiger partial charge in [-0.3, -0.25) is 0 Å². The van der Waals surface area contributed by atoms with Crippen LogP contribution in [0.5, 0.6) is 0 Å². The summed E-state index contributed by atoms with van der Waals surface area (Å²) in [5.41, 5.74) is 6.05. The minimum Gasteiger partial charge on any atom is -0.389 e. The van der Waals surface area contributed by atoms with E-state index < -0.39 is 10.0 Å². The lowest BCUT2D eigenvalue weighted by molar-refractivity contribution is 0.530. The lowest BCUT2D eigenvalue weighted by atomic mass is 10.2. The molecule has 0 amide bonds. The normalized spacial score (nSPS) is 17.4. The molecule has 18 heavy (non-hydrogen) atoms. The van der Waals surface area contributed by atoms with Gasteiger partial charge in [0.05, 0.1) is 4.90 Å². The second kappa shape index (κ2) is 4.60. The average Bonchev–Trinajstić information content (AvgIpc) is 3.06. The number of nitrogens with two attached hydrogens (primary N) is 1. The Labute approximate surface area is 113 Å². The summed E-state index contributed by atoms with van der Waals surface area (Å²) in [5, 5.41) is 0. The average molecular weight is 284 g/mol. The Morgan fingerprint density at radius 1 is 1.44 bits per heavy atom. The van der Waals surface area contributed by atoms with Gasteiger partial charge in [-0.05, 0) is 24.3 Å². The Balaban J connectivity index is 2.26. The van der Waals surface area contributed by atoms with Crippen molar-refractivity contribution in [2.45, 2.75) is 24.7 Å². The molecule has 1 saturated carbocycles. The van der Waals surface area contributed by atoms with E-state index in [1.165, 1.54) is 6.07 Å². The second-order valence-corrected chi connectivity index (χ2v) is 7.17. The lowest BCUT2D eigenvalue weighted by Gasteiger charge is -2.13.